The van der Waals surface area contributed by atoms with Gasteiger partial charge < -0.3 is 15.4 Å². The molecular formula is C11H14BCl2NO2. The Morgan fingerprint density at radius 1 is 1.41 bits per heavy atom. The number of fused-ring (bicyclic) bond motifs is 1. The van der Waals surface area contributed by atoms with E-state index in [-0.39, 0.29) is 18.3 Å². The number of nitrogen functional groups attached to an aromatic ring is 1. The Hall–Kier alpha value is -0.835. The van der Waals surface area contributed by atoms with Gasteiger partial charge in [-0.1, -0.05) is 25.4 Å². The van der Waals surface area contributed by atoms with Crippen molar-refractivity contribution in [2.45, 2.75) is 13.8 Å². The smallest absolute Gasteiger partial charge is 0.531 e. The van der Waals surface area contributed by atoms with E-state index in [0.29, 0.717) is 16.5 Å². The lowest BCUT2D eigenvalue weighted by Gasteiger charge is -2.24. The highest BCUT2D eigenvalue weighted by atomic mass is 35.5. The molecule has 17 heavy (non-hydrogen) atoms. The average Bonchev–Trinajstić information content (AvgIpc) is 2.18. The van der Waals surface area contributed by atoms with Gasteiger partial charge in [-0.25, -0.2) is 0 Å². The van der Waals surface area contributed by atoms with Gasteiger partial charge in [0.1, 0.15) is 5.75 Å². The molecule has 0 spiro atoms. The van der Waals surface area contributed by atoms with Crippen molar-refractivity contribution in [2.24, 2.45) is 5.92 Å². The molecule has 6 heteroatoms. The van der Waals surface area contributed by atoms with Crippen molar-refractivity contribution in [1.29, 1.82) is 0 Å². The maximum Gasteiger partial charge on any atom is 0.552 e. The number of anilines is 1. The fourth-order valence-corrected chi connectivity index (χ4v) is 2.12. The molecule has 0 saturated carbocycles. The maximum atomic E-state index is 9.58. The molecule has 1 aromatic rings. The van der Waals surface area contributed by atoms with Crippen LogP contribution in [0.1, 0.15) is 19.4 Å². The minimum Gasteiger partial charge on any atom is -0.531 e. The van der Waals surface area contributed by atoms with Crippen molar-refractivity contribution in [2.75, 3.05) is 5.73 Å². The zero-order valence-electron chi connectivity index (χ0n) is 9.61. The van der Waals surface area contributed by atoms with Crippen LogP contribution in [-0.2, 0) is 0 Å². The summed E-state index contributed by atoms with van der Waals surface area (Å²) in [6.07, 6.45) is 0. The van der Waals surface area contributed by atoms with Crippen molar-refractivity contribution < 1.29 is 9.68 Å². The normalized spacial score (nSPS) is 13.7. The van der Waals surface area contributed by atoms with Crippen molar-refractivity contribution in [3.8, 4) is 5.75 Å². The Kier molecular flexibility index (Phi) is 4.36. The van der Waals surface area contributed by atoms with Crippen LogP contribution < -0.4 is 10.4 Å². The third-order valence-electron chi connectivity index (χ3n) is 2.56. The van der Waals surface area contributed by atoms with Gasteiger partial charge in [-0.05, 0) is 29.6 Å². The molecule has 0 amide bonds. The zero-order chi connectivity index (χ0) is 11.9. The Morgan fingerprint density at radius 3 is 2.65 bits per heavy atom. The number of hydrogen-bond donors (Lipinski definition) is 2. The largest absolute Gasteiger partial charge is 0.552 e. The van der Waals surface area contributed by atoms with Crippen molar-refractivity contribution in [3.63, 3.8) is 0 Å². The van der Waals surface area contributed by atoms with E-state index in [1.807, 2.05) is 19.9 Å². The van der Waals surface area contributed by atoms with Crippen LogP contribution in [0.15, 0.2) is 18.1 Å². The fraction of sp³-hybridized carbons (Fsp3) is 0.273. The molecule has 1 aliphatic heterocycles. The quantitative estimate of drug-likeness (QED) is 0.611. The summed E-state index contributed by atoms with van der Waals surface area (Å²) in [6, 6.07) is 3.44. The molecule has 92 valence electrons. The van der Waals surface area contributed by atoms with Gasteiger partial charge in [0.15, 0.2) is 0 Å². The molecule has 0 unspecified atom stereocenters. The Balaban J connectivity index is 0.00000144. The minimum absolute atomic E-state index is 0. The Bertz CT molecular complexity index is 463. The molecule has 1 aliphatic rings. The number of hydrogen-bond acceptors (Lipinski definition) is 3. The van der Waals surface area contributed by atoms with E-state index in [1.54, 1.807) is 12.0 Å². The summed E-state index contributed by atoms with van der Waals surface area (Å²) in [5.41, 5.74) is 8.21. The van der Waals surface area contributed by atoms with E-state index in [4.69, 9.17) is 22.0 Å². The van der Waals surface area contributed by atoms with Gasteiger partial charge in [0.25, 0.3) is 0 Å². The summed E-state index contributed by atoms with van der Waals surface area (Å²) in [6.45, 7) is 4.09. The summed E-state index contributed by atoms with van der Waals surface area (Å²) in [5, 5.41) is 10.0. The Morgan fingerprint density at radius 2 is 2.06 bits per heavy atom. The first-order valence-electron chi connectivity index (χ1n) is 5.15. The molecule has 2 rings (SSSR count). The predicted octanol–water partition coefficient (Wildman–Crippen LogP) is 2.80. The Labute approximate surface area is 112 Å². The molecule has 0 radical (unpaired) electrons. The molecule has 0 saturated heterocycles. The molecule has 0 fully saturated rings. The molecule has 0 aromatic heterocycles. The molecule has 3 nitrogen and oxygen atoms in total. The van der Waals surface area contributed by atoms with Gasteiger partial charge in [0.2, 0.25) is 0 Å². The lowest BCUT2D eigenvalue weighted by Crippen LogP contribution is -2.25. The van der Waals surface area contributed by atoms with E-state index in [2.05, 4.69) is 0 Å². The van der Waals surface area contributed by atoms with Crippen molar-refractivity contribution in [1.82, 2.24) is 0 Å². The molecule has 0 bridgehead atoms. The van der Waals surface area contributed by atoms with Gasteiger partial charge in [0, 0.05) is 11.3 Å². The molecule has 0 atom stereocenters. The van der Waals surface area contributed by atoms with Gasteiger partial charge in [0.05, 0.1) is 5.02 Å². The van der Waals surface area contributed by atoms with Gasteiger partial charge in [-0.2, -0.15) is 0 Å². The summed E-state index contributed by atoms with van der Waals surface area (Å²) in [7, 11) is -0.939. The number of nitrogens with two attached hydrogens (primary N) is 1. The van der Waals surface area contributed by atoms with Crippen molar-refractivity contribution >= 4 is 42.4 Å². The van der Waals surface area contributed by atoms with E-state index < -0.39 is 7.12 Å². The molecule has 1 aromatic carbocycles. The molecule has 3 N–H and O–H groups in total. The number of halogens is 2. The molecule has 0 aliphatic carbocycles. The van der Waals surface area contributed by atoms with Crippen LogP contribution >= 0.6 is 24.0 Å². The van der Waals surface area contributed by atoms with Crippen LogP contribution in [0.2, 0.25) is 5.02 Å². The second-order valence-electron chi connectivity index (χ2n) is 4.16. The van der Waals surface area contributed by atoms with E-state index in [0.717, 1.165) is 11.1 Å². The summed E-state index contributed by atoms with van der Waals surface area (Å²) in [4.78, 5) is 0. The predicted molar refractivity (Wildman–Crippen MR) is 74.5 cm³/mol. The maximum absolute atomic E-state index is 9.58. The average molecular weight is 274 g/mol. The van der Waals surface area contributed by atoms with E-state index in [9.17, 15) is 5.02 Å². The van der Waals surface area contributed by atoms with Crippen LogP contribution in [0.5, 0.6) is 5.75 Å². The van der Waals surface area contributed by atoms with Crippen LogP contribution in [0.4, 0.5) is 5.69 Å². The minimum atomic E-state index is -0.939. The first-order chi connectivity index (χ1) is 7.49. The van der Waals surface area contributed by atoms with Gasteiger partial charge >= 0.3 is 7.12 Å². The SMILES string of the molecule is CC(C)C1=CB(O)Oc2c(Cl)cc(N)cc21.Cl. The summed E-state index contributed by atoms with van der Waals surface area (Å²) >= 11 is 6.04. The number of allylic oxidation sites excluding steroid dienone is 1. The topological polar surface area (TPSA) is 55.5 Å². The highest BCUT2D eigenvalue weighted by Gasteiger charge is 2.27. The second kappa shape index (κ2) is 5.21. The van der Waals surface area contributed by atoms with E-state index in [1.165, 1.54) is 0 Å². The molecule has 1 heterocycles. The second-order valence-corrected chi connectivity index (χ2v) is 4.57. The first-order valence-corrected chi connectivity index (χ1v) is 5.52. The highest BCUT2D eigenvalue weighted by Crippen LogP contribution is 2.41. The highest BCUT2D eigenvalue weighted by molar-refractivity contribution is 6.53. The van der Waals surface area contributed by atoms with Crippen LogP contribution in [0.25, 0.3) is 5.57 Å². The first kappa shape index (κ1) is 14.2. The lowest BCUT2D eigenvalue weighted by atomic mass is 9.78. The van der Waals surface area contributed by atoms with Gasteiger partial charge in [-0.15, -0.1) is 12.4 Å². The number of rotatable bonds is 1. The summed E-state index contributed by atoms with van der Waals surface area (Å²) < 4.78 is 5.29. The van der Waals surface area contributed by atoms with Crippen LogP contribution in [0.3, 0.4) is 0 Å². The third kappa shape index (κ3) is 2.71. The monoisotopic (exact) mass is 273 g/mol. The van der Waals surface area contributed by atoms with Crippen LogP contribution in [-0.4, -0.2) is 12.1 Å². The summed E-state index contributed by atoms with van der Waals surface area (Å²) in [5.74, 6) is 2.47. The third-order valence-corrected chi connectivity index (χ3v) is 2.84. The number of benzene rings is 1. The molecular weight excluding hydrogens is 260 g/mol. The van der Waals surface area contributed by atoms with E-state index >= 15 is 0 Å². The van der Waals surface area contributed by atoms with Gasteiger partial charge in [-0.3, -0.25) is 0 Å². The lowest BCUT2D eigenvalue weighted by molar-refractivity contribution is 0.427. The van der Waals surface area contributed by atoms with Crippen molar-refractivity contribution in [3.05, 3.63) is 28.7 Å². The van der Waals surface area contributed by atoms with Crippen LogP contribution in [0, 0.1) is 5.92 Å². The standard InChI is InChI=1S/C11H13BClNO2.ClH/c1-6(2)9-5-12(15)16-11-8(9)3-7(14)4-10(11)13;/h3-6,15H,14H2,1-2H3;1H. The fourth-order valence-electron chi connectivity index (χ4n) is 1.85. The zero-order valence-corrected chi connectivity index (χ0v) is 11.2.